The van der Waals surface area contributed by atoms with Crippen LogP contribution in [0.15, 0.2) is 30.3 Å². The van der Waals surface area contributed by atoms with Gasteiger partial charge in [0.05, 0.1) is 11.5 Å². The van der Waals surface area contributed by atoms with Crippen molar-refractivity contribution in [2.75, 3.05) is 0 Å². The molecule has 1 aliphatic heterocycles. The first kappa shape index (κ1) is 21.7. The summed E-state index contributed by atoms with van der Waals surface area (Å²) in [4.78, 5) is 25.0. The minimum atomic E-state index is -2.90. The summed E-state index contributed by atoms with van der Waals surface area (Å²) in [6, 6.07) is 8.65. The van der Waals surface area contributed by atoms with Crippen molar-refractivity contribution in [2.24, 2.45) is 5.41 Å². The second-order valence-corrected chi connectivity index (χ2v) is 8.28. The zero-order valence-electron chi connectivity index (χ0n) is 16.7. The van der Waals surface area contributed by atoms with E-state index in [1.54, 1.807) is 30.3 Å². The summed E-state index contributed by atoms with van der Waals surface area (Å²) >= 11 is 0. The third-order valence-electron chi connectivity index (χ3n) is 5.85. The third-order valence-corrected chi connectivity index (χ3v) is 5.85. The lowest BCUT2D eigenvalue weighted by Crippen LogP contribution is -2.64. The molecule has 2 aliphatic rings. The number of fused-ring (bicyclic) bond motifs is 1. The van der Waals surface area contributed by atoms with Gasteiger partial charge < -0.3 is 34.6 Å². The minimum Gasteiger partial charge on any atom is -0.461 e. The molecule has 1 aliphatic carbocycles. The van der Waals surface area contributed by atoms with Crippen LogP contribution in [0.25, 0.3) is 0 Å². The normalized spacial score (nSPS) is 35.7. The van der Waals surface area contributed by atoms with Gasteiger partial charge in [-0.15, -0.1) is 0 Å². The molecule has 1 saturated heterocycles. The Morgan fingerprint density at radius 3 is 2.28 bits per heavy atom. The van der Waals surface area contributed by atoms with E-state index >= 15 is 0 Å². The fourth-order valence-electron chi connectivity index (χ4n) is 4.03. The predicted molar refractivity (Wildman–Crippen MR) is 97.0 cm³/mol. The lowest BCUT2D eigenvalue weighted by molar-refractivity contribution is -0.227. The van der Waals surface area contributed by atoms with Crippen LogP contribution in [0.4, 0.5) is 0 Å². The van der Waals surface area contributed by atoms with Crippen LogP contribution in [0.2, 0.25) is 0 Å². The van der Waals surface area contributed by atoms with Crippen molar-refractivity contribution in [3.63, 3.8) is 0 Å². The molecule has 4 N–H and O–H groups in total. The number of benzene rings is 1. The van der Waals surface area contributed by atoms with Gasteiger partial charge in [-0.2, -0.15) is 0 Å². The zero-order chi connectivity index (χ0) is 21.8. The molecule has 1 saturated carbocycles. The van der Waals surface area contributed by atoms with Gasteiger partial charge in [0.15, 0.2) is 11.7 Å². The van der Waals surface area contributed by atoms with Crippen molar-refractivity contribution in [3.05, 3.63) is 35.9 Å². The molecule has 0 bridgehead atoms. The number of hydrogen-bond donors (Lipinski definition) is 4. The van der Waals surface area contributed by atoms with E-state index in [0.717, 1.165) is 0 Å². The van der Waals surface area contributed by atoms with E-state index in [1.807, 2.05) is 0 Å². The molecule has 29 heavy (non-hydrogen) atoms. The van der Waals surface area contributed by atoms with Gasteiger partial charge in [0.2, 0.25) is 11.4 Å². The highest BCUT2D eigenvalue weighted by molar-refractivity contribution is 5.88. The predicted octanol–water partition coefficient (Wildman–Crippen LogP) is -0.368. The van der Waals surface area contributed by atoms with Crippen molar-refractivity contribution in [2.45, 2.75) is 69.6 Å². The van der Waals surface area contributed by atoms with E-state index < -0.39 is 52.7 Å². The Labute approximate surface area is 167 Å². The number of aliphatic hydroxyl groups excluding tert-OH is 1. The Hall–Kier alpha value is -2.04. The summed E-state index contributed by atoms with van der Waals surface area (Å²) in [5.41, 5.74) is -6.21. The molecule has 160 valence electrons. The lowest BCUT2D eigenvalue weighted by Gasteiger charge is -2.36. The quantitative estimate of drug-likeness (QED) is 0.462. The van der Waals surface area contributed by atoms with E-state index in [0.29, 0.717) is 5.56 Å². The van der Waals surface area contributed by atoms with Gasteiger partial charge in [0.25, 0.3) is 0 Å². The SMILES string of the molecule is CC(C)OC(=O)[C@]1(O)[C@@H](C(O)C(=O)OCc2ccccc2)OC2(O)C(C)(C)[C@]21O. The van der Waals surface area contributed by atoms with Gasteiger partial charge in [-0.1, -0.05) is 44.2 Å². The Bertz CT molecular complexity index is 807. The average Bonchev–Trinajstić information content (AvgIpc) is 2.89. The molecule has 1 aromatic rings. The van der Waals surface area contributed by atoms with E-state index in [9.17, 15) is 30.0 Å². The summed E-state index contributed by atoms with van der Waals surface area (Å²) in [7, 11) is 0. The molecule has 9 heteroatoms. The first-order valence-electron chi connectivity index (χ1n) is 9.29. The molecule has 3 rings (SSSR count). The monoisotopic (exact) mass is 410 g/mol. The highest BCUT2D eigenvalue weighted by Crippen LogP contribution is 2.75. The first-order chi connectivity index (χ1) is 13.3. The van der Waals surface area contributed by atoms with Crippen molar-refractivity contribution < 1.29 is 44.2 Å². The number of carbonyl (C=O) groups is 2. The first-order valence-corrected chi connectivity index (χ1v) is 9.29. The van der Waals surface area contributed by atoms with Gasteiger partial charge in [-0.3, -0.25) is 0 Å². The van der Waals surface area contributed by atoms with Gasteiger partial charge in [-0.25, -0.2) is 9.59 Å². The summed E-state index contributed by atoms with van der Waals surface area (Å²) in [6.45, 7) is 5.61. The largest absolute Gasteiger partial charge is 0.461 e. The second kappa shape index (κ2) is 6.75. The second-order valence-electron chi connectivity index (χ2n) is 8.28. The standard InChI is InChI=1S/C20H26O9/c1-11(2)28-16(23)18(24)14(29-20(26)17(3,4)19(18,20)25)13(21)15(22)27-10-12-8-6-5-7-9-12/h5-9,11,13-14,21,24-26H,10H2,1-4H3/t13?,14-,18-,19-,20?/m1/s1. The average molecular weight is 410 g/mol. The Morgan fingerprint density at radius 1 is 1.14 bits per heavy atom. The van der Waals surface area contributed by atoms with Gasteiger partial charge in [0, 0.05) is 0 Å². The molecule has 2 unspecified atom stereocenters. The van der Waals surface area contributed by atoms with Crippen LogP contribution in [0.3, 0.4) is 0 Å². The van der Waals surface area contributed by atoms with Crippen LogP contribution in [-0.2, 0) is 30.4 Å². The van der Waals surface area contributed by atoms with E-state index in [2.05, 4.69) is 0 Å². The fourth-order valence-corrected chi connectivity index (χ4v) is 4.03. The van der Waals surface area contributed by atoms with Crippen LogP contribution in [-0.4, -0.2) is 67.7 Å². The number of ether oxygens (including phenoxy) is 3. The van der Waals surface area contributed by atoms with E-state index in [4.69, 9.17) is 14.2 Å². The van der Waals surface area contributed by atoms with Crippen LogP contribution in [0.5, 0.6) is 0 Å². The third kappa shape index (κ3) is 2.72. The molecule has 0 radical (unpaired) electrons. The highest BCUT2D eigenvalue weighted by Gasteiger charge is 2.99. The fraction of sp³-hybridized carbons (Fsp3) is 0.600. The zero-order valence-corrected chi connectivity index (χ0v) is 16.7. The van der Waals surface area contributed by atoms with Gasteiger partial charge in [-0.05, 0) is 19.4 Å². The van der Waals surface area contributed by atoms with Crippen molar-refractivity contribution in [1.29, 1.82) is 0 Å². The van der Waals surface area contributed by atoms with Crippen molar-refractivity contribution in [3.8, 4) is 0 Å². The number of aliphatic hydroxyl groups is 4. The van der Waals surface area contributed by atoms with Crippen LogP contribution in [0, 0.1) is 5.41 Å². The maximum atomic E-state index is 12.7. The van der Waals surface area contributed by atoms with Crippen molar-refractivity contribution >= 4 is 11.9 Å². The van der Waals surface area contributed by atoms with Crippen molar-refractivity contribution in [1.82, 2.24) is 0 Å². The Kier molecular flexibility index (Phi) is 5.04. The Morgan fingerprint density at radius 2 is 1.72 bits per heavy atom. The summed E-state index contributed by atoms with van der Waals surface area (Å²) in [5, 5.41) is 43.3. The van der Waals surface area contributed by atoms with E-state index in [-0.39, 0.29) is 6.61 Å². The van der Waals surface area contributed by atoms with Crippen LogP contribution in [0.1, 0.15) is 33.3 Å². The Balaban J connectivity index is 1.85. The molecule has 0 spiro atoms. The molecule has 5 atom stereocenters. The lowest BCUT2D eigenvalue weighted by atomic mass is 9.81. The number of hydrogen-bond acceptors (Lipinski definition) is 9. The molecule has 0 amide bonds. The molecule has 2 fully saturated rings. The highest BCUT2D eigenvalue weighted by atomic mass is 16.7. The molecular weight excluding hydrogens is 384 g/mol. The smallest absolute Gasteiger partial charge is 0.344 e. The van der Waals surface area contributed by atoms with E-state index in [1.165, 1.54) is 27.7 Å². The number of rotatable bonds is 6. The van der Waals surface area contributed by atoms with Crippen LogP contribution < -0.4 is 0 Å². The maximum absolute atomic E-state index is 12.7. The molecule has 9 nitrogen and oxygen atoms in total. The number of esters is 2. The summed E-state index contributed by atoms with van der Waals surface area (Å²) < 4.78 is 15.4. The molecule has 1 heterocycles. The topological polar surface area (TPSA) is 143 Å². The number of carbonyl (C=O) groups excluding carboxylic acids is 2. The molecular formula is C20H26O9. The maximum Gasteiger partial charge on any atom is 0.344 e. The molecule has 0 aromatic heterocycles. The van der Waals surface area contributed by atoms with Crippen LogP contribution >= 0.6 is 0 Å². The summed E-state index contributed by atoms with van der Waals surface area (Å²) in [5.74, 6) is -4.88. The summed E-state index contributed by atoms with van der Waals surface area (Å²) in [6.07, 6.45) is -4.84. The molecule has 1 aromatic carbocycles. The van der Waals surface area contributed by atoms with Gasteiger partial charge in [0.1, 0.15) is 12.7 Å². The van der Waals surface area contributed by atoms with Gasteiger partial charge >= 0.3 is 11.9 Å². The minimum absolute atomic E-state index is 0.168.